The summed E-state index contributed by atoms with van der Waals surface area (Å²) >= 11 is 0. The van der Waals surface area contributed by atoms with Crippen molar-refractivity contribution in [2.75, 3.05) is 18.8 Å². The number of aryl methyl sites for hydroxylation is 1. The van der Waals surface area contributed by atoms with Gasteiger partial charge in [-0.05, 0) is 25.5 Å². The van der Waals surface area contributed by atoms with Crippen molar-refractivity contribution in [3.8, 4) is 11.3 Å². The highest BCUT2D eigenvalue weighted by molar-refractivity contribution is 5.82. The lowest BCUT2D eigenvalue weighted by Crippen LogP contribution is -2.62. The van der Waals surface area contributed by atoms with Crippen LogP contribution < -0.4 is 11.5 Å². The predicted molar refractivity (Wildman–Crippen MR) is 91.4 cm³/mol. The number of nitrogens with zero attached hydrogens (tertiary/aromatic N) is 4. The van der Waals surface area contributed by atoms with Crippen LogP contribution in [0.5, 0.6) is 0 Å². The van der Waals surface area contributed by atoms with Crippen LogP contribution in [0, 0.1) is 0 Å². The van der Waals surface area contributed by atoms with Crippen molar-refractivity contribution in [1.82, 2.24) is 19.7 Å². The number of nitrogens with two attached hydrogens (primary N) is 2. The number of halogens is 3. The van der Waals surface area contributed by atoms with E-state index in [-0.39, 0.29) is 16.9 Å². The quantitative estimate of drug-likeness (QED) is 0.819. The molecule has 4 rings (SSSR count). The molecule has 0 aromatic carbocycles. The van der Waals surface area contributed by atoms with E-state index in [0.717, 1.165) is 18.2 Å². The highest BCUT2D eigenvalue weighted by Crippen LogP contribution is 2.44. The molecule has 2 aromatic heterocycles. The second-order valence-electron chi connectivity index (χ2n) is 7.31. The first-order valence-corrected chi connectivity index (χ1v) is 8.56. The van der Waals surface area contributed by atoms with E-state index in [9.17, 15) is 18.0 Å². The van der Waals surface area contributed by atoms with E-state index in [1.165, 1.54) is 6.20 Å². The van der Waals surface area contributed by atoms with Crippen LogP contribution in [0.1, 0.15) is 24.6 Å². The number of nitrogen functional groups attached to an aromatic ring is 1. The minimum Gasteiger partial charge on any atom is -0.383 e. The van der Waals surface area contributed by atoms with Crippen LogP contribution in [0.4, 0.5) is 19.0 Å². The first-order valence-electron chi connectivity index (χ1n) is 8.56. The summed E-state index contributed by atoms with van der Waals surface area (Å²) < 4.78 is 41.0. The average Bonchev–Trinajstić information content (AvgIpc) is 3.11. The molecule has 0 bridgehead atoms. The number of likely N-dealkylation sites (tertiary alicyclic amines) is 1. The van der Waals surface area contributed by atoms with E-state index in [4.69, 9.17) is 11.5 Å². The van der Waals surface area contributed by atoms with Crippen molar-refractivity contribution in [2.45, 2.75) is 37.5 Å². The molecular weight excluding hydrogens is 361 g/mol. The topological polar surface area (TPSA) is 103 Å². The van der Waals surface area contributed by atoms with Gasteiger partial charge in [-0.3, -0.25) is 9.48 Å². The number of fused-ring (bicyclic) bond motifs is 2. The van der Waals surface area contributed by atoms with Gasteiger partial charge in [0.2, 0.25) is 5.91 Å². The number of hydrogen-bond acceptors (Lipinski definition) is 5. The molecular formula is C17H19F3N6O. The summed E-state index contributed by atoms with van der Waals surface area (Å²) in [5, 5.41) is 4.44. The van der Waals surface area contributed by atoms with Crippen molar-refractivity contribution in [2.24, 2.45) is 5.73 Å². The summed E-state index contributed by atoms with van der Waals surface area (Å²) in [6.45, 7) is 3.40. The molecule has 144 valence electrons. The van der Waals surface area contributed by atoms with Crippen molar-refractivity contribution >= 4 is 11.7 Å². The van der Waals surface area contributed by atoms with Crippen LogP contribution in [0.2, 0.25) is 0 Å². The zero-order valence-electron chi connectivity index (χ0n) is 14.6. The van der Waals surface area contributed by atoms with Gasteiger partial charge in [-0.1, -0.05) is 0 Å². The Hall–Kier alpha value is -2.62. The predicted octanol–water partition coefficient (Wildman–Crippen LogP) is 1.38. The smallest absolute Gasteiger partial charge is 0.383 e. The van der Waals surface area contributed by atoms with Crippen molar-refractivity contribution in [1.29, 1.82) is 0 Å². The SMILES string of the molecule is C[C@@H](N)C(=O)N1CC2(CCn3nc(-c4cnc(N)c(C(F)(F)F)c4)cc32)C1. The van der Waals surface area contributed by atoms with E-state index < -0.39 is 23.6 Å². The van der Waals surface area contributed by atoms with Crippen LogP contribution in [0.25, 0.3) is 11.3 Å². The molecule has 0 saturated carbocycles. The van der Waals surface area contributed by atoms with Gasteiger partial charge in [-0.15, -0.1) is 0 Å². The molecule has 1 amide bonds. The van der Waals surface area contributed by atoms with Gasteiger partial charge in [0.25, 0.3) is 0 Å². The van der Waals surface area contributed by atoms with Gasteiger partial charge in [0.15, 0.2) is 0 Å². The summed E-state index contributed by atoms with van der Waals surface area (Å²) in [4.78, 5) is 17.4. The van der Waals surface area contributed by atoms with Crippen LogP contribution in [-0.4, -0.2) is 44.7 Å². The molecule has 1 atom stereocenters. The summed E-state index contributed by atoms with van der Waals surface area (Å²) in [6.07, 6.45) is -2.45. The lowest BCUT2D eigenvalue weighted by molar-refractivity contribution is -0.140. The minimum absolute atomic E-state index is 0.101. The minimum atomic E-state index is -4.58. The van der Waals surface area contributed by atoms with E-state index in [2.05, 4.69) is 10.1 Å². The standard InChI is InChI=1S/C17H19F3N6O/c1-9(21)15(27)25-7-16(8-25)2-3-26-13(16)5-12(24-26)10-4-11(17(18,19)20)14(22)23-6-10/h4-6,9H,2-3,7-8,21H2,1H3,(H2,22,23)/t9-/m1/s1. The number of amides is 1. The summed E-state index contributed by atoms with van der Waals surface area (Å²) in [7, 11) is 0. The number of rotatable bonds is 2. The second kappa shape index (κ2) is 5.69. The average molecular weight is 380 g/mol. The number of carbonyl (C=O) groups excluding carboxylic acids is 1. The molecule has 0 unspecified atom stereocenters. The Balaban J connectivity index is 1.63. The molecule has 2 aliphatic rings. The monoisotopic (exact) mass is 380 g/mol. The van der Waals surface area contributed by atoms with Gasteiger partial charge < -0.3 is 16.4 Å². The highest BCUT2D eigenvalue weighted by atomic mass is 19.4. The van der Waals surface area contributed by atoms with Crippen LogP contribution in [0.3, 0.4) is 0 Å². The van der Waals surface area contributed by atoms with E-state index in [0.29, 0.717) is 25.3 Å². The van der Waals surface area contributed by atoms with E-state index in [1.54, 1.807) is 22.6 Å². The molecule has 0 aliphatic carbocycles. The Bertz CT molecular complexity index is 914. The van der Waals surface area contributed by atoms with Crippen molar-refractivity contribution < 1.29 is 18.0 Å². The molecule has 27 heavy (non-hydrogen) atoms. The van der Waals surface area contributed by atoms with Crippen LogP contribution >= 0.6 is 0 Å². The van der Waals surface area contributed by atoms with Crippen molar-refractivity contribution in [3.05, 3.63) is 29.6 Å². The molecule has 1 saturated heterocycles. The molecule has 1 spiro atoms. The summed E-state index contributed by atoms with van der Waals surface area (Å²) in [6, 6.07) is 2.21. The fourth-order valence-electron chi connectivity index (χ4n) is 3.89. The van der Waals surface area contributed by atoms with E-state index >= 15 is 0 Å². The third kappa shape index (κ3) is 2.75. The maximum Gasteiger partial charge on any atom is 0.419 e. The number of anilines is 1. The zero-order chi connectivity index (χ0) is 19.6. The number of carbonyl (C=O) groups is 1. The third-order valence-corrected chi connectivity index (χ3v) is 5.33. The lowest BCUT2D eigenvalue weighted by atomic mass is 9.75. The summed E-state index contributed by atoms with van der Waals surface area (Å²) in [5.74, 6) is -0.658. The first kappa shape index (κ1) is 17.8. The number of hydrogen-bond donors (Lipinski definition) is 2. The Morgan fingerprint density at radius 2 is 2.04 bits per heavy atom. The molecule has 0 radical (unpaired) electrons. The number of alkyl halides is 3. The third-order valence-electron chi connectivity index (χ3n) is 5.33. The largest absolute Gasteiger partial charge is 0.419 e. The second-order valence-corrected chi connectivity index (χ2v) is 7.31. The Morgan fingerprint density at radius 3 is 2.67 bits per heavy atom. The maximum atomic E-state index is 13.1. The maximum absolute atomic E-state index is 13.1. The number of aromatic nitrogens is 3. The van der Waals surface area contributed by atoms with Gasteiger partial charge in [-0.2, -0.15) is 18.3 Å². The Kier molecular flexibility index (Phi) is 3.74. The van der Waals surface area contributed by atoms with E-state index in [1.807, 2.05) is 0 Å². The Labute approximate surface area is 153 Å². The van der Waals surface area contributed by atoms with Crippen LogP contribution in [-0.2, 0) is 22.9 Å². The molecule has 4 heterocycles. The lowest BCUT2D eigenvalue weighted by Gasteiger charge is -2.48. The van der Waals surface area contributed by atoms with Gasteiger partial charge >= 0.3 is 6.18 Å². The molecule has 7 nitrogen and oxygen atoms in total. The Morgan fingerprint density at radius 1 is 1.33 bits per heavy atom. The van der Waals surface area contributed by atoms with Crippen LogP contribution in [0.15, 0.2) is 18.3 Å². The molecule has 2 aliphatic heterocycles. The van der Waals surface area contributed by atoms with Crippen molar-refractivity contribution in [3.63, 3.8) is 0 Å². The van der Waals surface area contributed by atoms with Gasteiger partial charge in [0.05, 0.1) is 17.3 Å². The van der Waals surface area contributed by atoms with Gasteiger partial charge in [0.1, 0.15) is 5.82 Å². The fraction of sp³-hybridized carbons (Fsp3) is 0.471. The highest BCUT2D eigenvalue weighted by Gasteiger charge is 2.51. The molecule has 4 N–H and O–H groups in total. The molecule has 2 aromatic rings. The van der Waals surface area contributed by atoms with Gasteiger partial charge in [0, 0.05) is 42.5 Å². The number of pyridine rings is 1. The summed E-state index contributed by atoms with van der Waals surface area (Å²) in [5.41, 5.74) is 11.4. The molecule has 10 heteroatoms. The normalized spacial score (nSPS) is 19.1. The first-order chi connectivity index (χ1) is 12.6. The molecule has 1 fully saturated rings. The fourth-order valence-corrected chi connectivity index (χ4v) is 3.89. The van der Waals surface area contributed by atoms with Gasteiger partial charge in [-0.25, -0.2) is 4.98 Å². The zero-order valence-corrected chi connectivity index (χ0v) is 14.6.